The molecule has 9 nitrogen and oxygen atoms in total. The van der Waals surface area contributed by atoms with E-state index in [1.54, 1.807) is 37.3 Å². The van der Waals surface area contributed by atoms with Crippen LogP contribution in [0.4, 0.5) is 17.1 Å². The first-order valence-corrected chi connectivity index (χ1v) is 15.2. The molecule has 12 heteroatoms. The second-order valence-corrected chi connectivity index (χ2v) is 12.9. The number of amidine groups is 1. The SMILES string of the molecule is CCCN1C(C)=NS(=O)(=O)c2cc(C(=O)Nc3ccc4c(c3)N(S(=O)(=O)c3ccc(Cl)cc3)CC4)ccc21. The van der Waals surface area contributed by atoms with Gasteiger partial charge in [-0.2, -0.15) is 8.42 Å². The number of nitrogens with one attached hydrogen (secondary N) is 1. The molecule has 0 radical (unpaired) electrons. The third-order valence-electron chi connectivity index (χ3n) is 6.48. The second kappa shape index (κ2) is 9.72. The molecule has 0 bridgehead atoms. The van der Waals surface area contributed by atoms with Crippen molar-refractivity contribution in [3.05, 3.63) is 76.8 Å². The van der Waals surface area contributed by atoms with E-state index in [0.29, 0.717) is 40.9 Å². The normalized spacial score (nSPS) is 16.0. The summed E-state index contributed by atoms with van der Waals surface area (Å²) < 4.78 is 57.2. The van der Waals surface area contributed by atoms with Crippen LogP contribution in [0.25, 0.3) is 0 Å². The lowest BCUT2D eigenvalue weighted by molar-refractivity contribution is 0.102. The zero-order chi connectivity index (χ0) is 27.2. The van der Waals surface area contributed by atoms with Gasteiger partial charge < -0.3 is 10.2 Å². The van der Waals surface area contributed by atoms with Crippen molar-refractivity contribution < 1.29 is 21.6 Å². The van der Waals surface area contributed by atoms with E-state index in [4.69, 9.17) is 11.6 Å². The van der Waals surface area contributed by atoms with Gasteiger partial charge in [0.1, 0.15) is 10.7 Å². The predicted octanol–water partition coefficient (Wildman–Crippen LogP) is 4.68. The topological polar surface area (TPSA) is 116 Å². The summed E-state index contributed by atoms with van der Waals surface area (Å²) >= 11 is 5.91. The van der Waals surface area contributed by atoms with Gasteiger partial charge >= 0.3 is 0 Å². The molecule has 0 aliphatic carbocycles. The quantitative estimate of drug-likeness (QED) is 0.458. The lowest BCUT2D eigenvalue weighted by atomic mass is 10.1. The summed E-state index contributed by atoms with van der Waals surface area (Å²) in [5.41, 5.74) is 2.32. The lowest BCUT2D eigenvalue weighted by Gasteiger charge is -2.29. The van der Waals surface area contributed by atoms with Gasteiger partial charge in [0, 0.05) is 29.4 Å². The molecule has 0 spiro atoms. The van der Waals surface area contributed by atoms with Crippen LogP contribution in [0.1, 0.15) is 36.2 Å². The Hall–Kier alpha value is -3.41. The highest BCUT2D eigenvalue weighted by Gasteiger charge is 2.32. The van der Waals surface area contributed by atoms with Gasteiger partial charge in [-0.05, 0) is 79.9 Å². The summed E-state index contributed by atoms with van der Waals surface area (Å²) in [4.78, 5) is 15.0. The average molecular weight is 573 g/mol. The average Bonchev–Trinajstić information content (AvgIpc) is 3.30. The Bertz CT molecular complexity index is 1690. The number of benzene rings is 3. The largest absolute Gasteiger partial charge is 0.328 e. The molecule has 38 heavy (non-hydrogen) atoms. The van der Waals surface area contributed by atoms with E-state index in [1.165, 1.54) is 34.6 Å². The van der Waals surface area contributed by atoms with E-state index in [9.17, 15) is 21.6 Å². The molecule has 5 rings (SSSR count). The molecule has 198 valence electrons. The van der Waals surface area contributed by atoms with Crippen molar-refractivity contribution >= 4 is 60.5 Å². The Balaban J connectivity index is 1.43. The first-order valence-electron chi connectivity index (χ1n) is 12.0. The Morgan fingerprint density at radius 1 is 1.05 bits per heavy atom. The maximum atomic E-state index is 13.3. The van der Waals surface area contributed by atoms with Crippen molar-refractivity contribution in [3.63, 3.8) is 0 Å². The number of carbonyl (C=O) groups is 1. The number of rotatable bonds is 6. The smallest absolute Gasteiger partial charge is 0.286 e. The second-order valence-electron chi connectivity index (χ2n) is 9.03. The Morgan fingerprint density at radius 3 is 2.50 bits per heavy atom. The number of amides is 1. The molecular weight excluding hydrogens is 548 g/mol. The van der Waals surface area contributed by atoms with Crippen LogP contribution in [0, 0.1) is 0 Å². The molecule has 0 aromatic heterocycles. The molecule has 2 aliphatic rings. The fourth-order valence-corrected chi connectivity index (χ4v) is 7.54. The summed E-state index contributed by atoms with van der Waals surface area (Å²) in [5.74, 6) is -0.144. The fourth-order valence-electron chi connectivity index (χ4n) is 4.65. The van der Waals surface area contributed by atoms with Gasteiger partial charge in [-0.1, -0.05) is 24.6 Å². The minimum Gasteiger partial charge on any atom is -0.328 e. The van der Waals surface area contributed by atoms with E-state index in [1.807, 2.05) is 11.8 Å². The van der Waals surface area contributed by atoms with Crippen LogP contribution in [-0.2, 0) is 26.5 Å². The van der Waals surface area contributed by atoms with Crippen LogP contribution >= 0.6 is 11.6 Å². The number of hydrogen-bond acceptors (Lipinski definition) is 6. The van der Waals surface area contributed by atoms with E-state index < -0.39 is 26.0 Å². The minimum atomic E-state index is -3.95. The molecule has 2 aliphatic heterocycles. The molecule has 0 saturated carbocycles. The van der Waals surface area contributed by atoms with Crippen molar-refractivity contribution in [3.8, 4) is 0 Å². The summed E-state index contributed by atoms with van der Waals surface area (Å²) in [7, 11) is -7.77. The van der Waals surface area contributed by atoms with Crippen molar-refractivity contribution in [1.29, 1.82) is 0 Å². The van der Waals surface area contributed by atoms with Crippen LogP contribution in [0.5, 0.6) is 0 Å². The van der Waals surface area contributed by atoms with Crippen LogP contribution in [0.2, 0.25) is 5.02 Å². The van der Waals surface area contributed by atoms with Crippen molar-refractivity contribution in [2.45, 2.75) is 36.5 Å². The van der Waals surface area contributed by atoms with Crippen LogP contribution in [0.15, 0.2) is 74.9 Å². The molecule has 0 saturated heterocycles. The molecule has 1 amide bonds. The van der Waals surface area contributed by atoms with Gasteiger partial charge in [-0.25, -0.2) is 8.42 Å². The highest BCUT2D eigenvalue weighted by Crippen LogP contribution is 2.36. The predicted molar refractivity (Wildman–Crippen MR) is 148 cm³/mol. The van der Waals surface area contributed by atoms with Gasteiger partial charge in [-0.3, -0.25) is 9.10 Å². The fraction of sp³-hybridized carbons (Fsp3) is 0.231. The van der Waals surface area contributed by atoms with Crippen LogP contribution in [0.3, 0.4) is 0 Å². The number of carbonyl (C=O) groups excluding carboxylic acids is 1. The number of nitrogens with zero attached hydrogens (tertiary/aromatic N) is 3. The molecule has 1 N–H and O–H groups in total. The number of anilines is 3. The molecule has 0 atom stereocenters. The number of hydrogen-bond donors (Lipinski definition) is 1. The van der Waals surface area contributed by atoms with Crippen molar-refractivity contribution in [2.24, 2.45) is 4.40 Å². The summed E-state index contributed by atoms with van der Waals surface area (Å²) in [5, 5.41) is 3.20. The van der Waals surface area contributed by atoms with Gasteiger partial charge in [0.05, 0.1) is 16.3 Å². The molecular formula is C26H25ClN4O5S2. The lowest BCUT2D eigenvalue weighted by Crippen LogP contribution is -2.34. The van der Waals surface area contributed by atoms with E-state index in [0.717, 1.165) is 12.0 Å². The first-order chi connectivity index (χ1) is 18.0. The molecule has 3 aromatic rings. The number of sulfonamides is 2. The highest BCUT2D eigenvalue weighted by molar-refractivity contribution is 7.92. The molecule has 3 aromatic carbocycles. The zero-order valence-electron chi connectivity index (χ0n) is 20.7. The van der Waals surface area contributed by atoms with E-state index >= 15 is 0 Å². The standard InChI is InChI=1S/C26H25ClN4O5S2/c1-3-13-30-17(2)29-37(33,34)25-15-19(5-11-23(25)30)26(32)28-21-8-4-18-12-14-31(24(18)16-21)38(35,36)22-9-6-20(27)7-10-22/h4-11,15-16H,3,12-14H2,1-2H3,(H,28,32). The first kappa shape index (κ1) is 26.2. The van der Waals surface area contributed by atoms with Crippen molar-refractivity contribution in [1.82, 2.24) is 0 Å². The maximum absolute atomic E-state index is 13.3. The maximum Gasteiger partial charge on any atom is 0.286 e. The van der Waals surface area contributed by atoms with Gasteiger partial charge in [-0.15, -0.1) is 4.40 Å². The molecule has 0 fully saturated rings. The summed E-state index contributed by atoms with van der Waals surface area (Å²) in [6.07, 6.45) is 1.32. The van der Waals surface area contributed by atoms with Crippen molar-refractivity contribution in [2.75, 3.05) is 27.6 Å². The number of fused-ring (bicyclic) bond motifs is 2. The number of halogens is 1. The van der Waals surface area contributed by atoms with Crippen LogP contribution < -0.4 is 14.5 Å². The van der Waals surface area contributed by atoms with E-state index in [-0.39, 0.29) is 21.9 Å². The Kier molecular flexibility index (Phi) is 6.70. The third kappa shape index (κ3) is 4.65. The monoisotopic (exact) mass is 572 g/mol. The summed E-state index contributed by atoms with van der Waals surface area (Å²) in [6, 6.07) is 15.5. The van der Waals surface area contributed by atoms with Gasteiger partial charge in [0.2, 0.25) is 0 Å². The molecule has 2 heterocycles. The highest BCUT2D eigenvalue weighted by atomic mass is 35.5. The Labute approximate surface area is 226 Å². The molecule has 0 unspecified atom stereocenters. The van der Waals surface area contributed by atoms with Gasteiger partial charge in [0.25, 0.3) is 26.0 Å². The Morgan fingerprint density at radius 2 is 1.79 bits per heavy atom. The van der Waals surface area contributed by atoms with E-state index in [2.05, 4.69) is 9.71 Å². The van der Waals surface area contributed by atoms with Crippen LogP contribution in [-0.4, -0.2) is 41.7 Å². The zero-order valence-corrected chi connectivity index (χ0v) is 23.1. The minimum absolute atomic E-state index is 0.0293. The summed E-state index contributed by atoms with van der Waals surface area (Å²) in [6.45, 7) is 4.49. The van der Waals surface area contributed by atoms with Gasteiger partial charge in [0.15, 0.2) is 0 Å². The third-order valence-corrected chi connectivity index (χ3v) is 9.95.